The molecule has 18 heavy (non-hydrogen) atoms. The second-order valence-electron chi connectivity index (χ2n) is 3.58. The fourth-order valence-electron chi connectivity index (χ4n) is 1.44. The molecule has 0 saturated heterocycles. The Bertz CT molecular complexity index is 573. The van der Waals surface area contributed by atoms with Crippen molar-refractivity contribution in [1.82, 2.24) is 9.97 Å². The summed E-state index contributed by atoms with van der Waals surface area (Å²) in [5.74, 6) is 5.26. The quantitative estimate of drug-likeness (QED) is 0.575. The van der Waals surface area contributed by atoms with Crippen LogP contribution in [0.15, 0.2) is 24.3 Å². The molecule has 0 saturated carbocycles. The molecule has 0 spiro atoms. The summed E-state index contributed by atoms with van der Waals surface area (Å²) in [7, 11) is 0. The van der Waals surface area contributed by atoms with E-state index in [0.717, 1.165) is 18.2 Å². The van der Waals surface area contributed by atoms with Crippen molar-refractivity contribution >= 4 is 17.3 Å². The van der Waals surface area contributed by atoms with Crippen molar-refractivity contribution in [2.45, 2.75) is 6.92 Å². The normalized spacial score (nSPS) is 10.2. The van der Waals surface area contributed by atoms with Crippen molar-refractivity contribution in [3.63, 3.8) is 0 Å². The highest BCUT2D eigenvalue weighted by Gasteiger charge is 2.06. The second-order valence-corrected chi connectivity index (χ2v) is 3.58. The Hall–Kier alpha value is -2.28. The number of nitrogens with zero attached hydrogens (tertiary/aromatic N) is 2. The molecular formula is C11H11F2N5. The highest BCUT2D eigenvalue weighted by Crippen LogP contribution is 2.20. The molecule has 1 aromatic heterocycles. The molecule has 0 unspecified atom stereocenters. The highest BCUT2D eigenvalue weighted by atomic mass is 19.1. The van der Waals surface area contributed by atoms with Crippen LogP contribution in [-0.4, -0.2) is 9.97 Å². The van der Waals surface area contributed by atoms with E-state index in [1.807, 2.05) is 0 Å². The van der Waals surface area contributed by atoms with Gasteiger partial charge in [0, 0.05) is 12.1 Å². The average molecular weight is 251 g/mol. The number of halogens is 2. The molecule has 0 atom stereocenters. The van der Waals surface area contributed by atoms with E-state index in [1.165, 1.54) is 6.07 Å². The maximum Gasteiger partial charge on any atom is 0.146 e. The molecule has 0 aliphatic rings. The molecule has 0 bridgehead atoms. The lowest BCUT2D eigenvalue weighted by Crippen LogP contribution is -2.10. The lowest BCUT2D eigenvalue weighted by Gasteiger charge is -2.09. The minimum Gasteiger partial charge on any atom is -0.338 e. The van der Waals surface area contributed by atoms with Crippen LogP contribution < -0.4 is 16.6 Å². The molecule has 0 aliphatic heterocycles. The first-order chi connectivity index (χ1) is 8.58. The molecule has 4 N–H and O–H groups in total. The van der Waals surface area contributed by atoms with Gasteiger partial charge in [0.1, 0.15) is 29.1 Å². The average Bonchev–Trinajstić information content (AvgIpc) is 2.33. The van der Waals surface area contributed by atoms with Crippen LogP contribution in [0.5, 0.6) is 0 Å². The third-order valence-corrected chi connectivity index (χ3v) is 2.18. The van der Waals surface area contributed by atoms with Gasteiger partial charge in [0.25, 0.3) is 0 Å². The van der Waals surface area contributed by atoms with E-state index in [0.29, 0.717) is 17.5 Å². The van der Waals surface area contributed by atoms with Gasteiger partial charge >= 0.3 is 0 Å². The van der Waals surface area contributed by atoms with E-state index in [4.69, 9.17) is 5.84 Å². The molecule has 0 aliphatic carbocycles. The molecule has 7 heteroatoms. The minimum absolute atomic E-state index is 0.00364. The Balaban J connectivity index is 2.33. The zero-order valence-corrected chi connectivity index (χ0v) is 9.54. The lowest BCUT2D eigenvalue weighted by molar-refractivity contribution is 0.603. The van der Waals surface area contributed by atoms with Crippen LogP contribution in [0, 0.1) is 18.6 Å². The summed E-state index contributed by atoms with van der Waals surface area (Å²) < 4.78 is 26.4. The SMILES string of the molecule is Cc1nc(NN)cc(Nc2cc(F)ccc2F)n1. The summed E-state index contributed by atoms with van der Waals surface area (Å²) in [4.78, 5) is 8.02. The molecule has 1 heterocycles. The number of nitrogen functional groups attached to an aromatic ring is 1. The van der Waals surface area contributed by atoms with Gasteiger partial charge in [0.15, 0.2) is 0 Å². The predicted molar refractivity (Wildman–Crippen MR) is 64.2 cm³/mol. The van der Waals surface area contributed by atoms with Crippen LogP contribution in [0.4, 0.5) is 26.1 Å². The zero-order chi connectivity index (χ0) is 13.1. The van der Waals surface area contributed by atoms with E-state index in [1.54, 1.807) is 6.92 Å². The van der Waals surface area contributed by atoms with E-state index in [-0.39, 0.29) is 5.69 Å². The molecular weight excluding hydrogens is 240 g/mol. The molecule has 0 fully saturated rings. The minimum atomic E-state index is -0.574. The maximum absolute atomic E-state index is 13.4. The highest BCUT2D eigenvalue weighted by molar-refractivity contribution is 5.59. The van der Waals surface area contributed by atoms with E-state index >= 15 is 0 Å². The summed E-state index contributed by atoms with van der Waals surface area (Å²) in [5.41, 5.74) is 2.36. The molecule has 0 amide bonds. The second kappa shape index (κ2) is 4.92. The fourth-order valence-corrected chi connectivity index (χ4v) is 1.44. The third kappa shape index (κ3) is 2.69. The zero-order valence-electron chi connectivity index (χ0n) is 9.54. The number of anilines is 3. The molecule has 1 aromatic carbocycles. The molecule has 2 rings (SSSR count). The number of benzene rings is 1. The van der Waals surface area contributed by atoms with Gasteiger partial charge in [-0.1, -0.05) is 0 Å². The van der Waals surface area contributed by atoms with E-state index in [2.05, 4.69) is 20.7 Å². The summed E-state index contributed by atoms with van der Waals surface area (Å²) in [6.45, 7) is 1.66. The summed E-state index contributed by atoms with van der Waals surface area (Å²) in [6.07, 6.45) is 0. The predicted octanol–water partition coefficient (Wildman–Crippen LogP) is 2.09. The van der Waals surface area contributed by atoms with Crippen molar-refractivity contribution in [2.75, 3.05) is 10.7 Å². The number of rotatable bonds is 3. The summed E-state index contributed by atoms with van der Waals surface area (Å²) in [5, 5.41) is 2.67. The van der Waals surface area contributed by atoms with Gasteiger partial charge in [0.2, 0.25) is 0 Å². The van der Waals surface area contributed by atoms with Crippen molar-refractivity contribution in [3.05, 3.63) is 41.7 Å². The van der Waals surface area contributed by atoms with Crippen LogP contribution in [0.2, 0.25) is 0 Å². The van der Waals surface area contributed by atoms with E-state index < -0.39 is 11.6 Å². The number of aryl methyl sites for hydroxylation is 1. The maximum atomic E-state index is 13.4. The van der Waals surface area contributed by atoms with Crippen LogP contribution in [0.3, 0.4) is 0 Å². The van der Waals surface area contributed by atoms with Crippen LogP contribution in [0.25, 0.3) is 0 Å². The smallest absolute Gasteiger partial charge is 0.146 e. The first kappa shape index (κ1) is 12.2. The van der Waals surface area contributed by atoms with Gasteiger partial charge in [-0.15, -0.1) is 0 Å². The molecule has 0 radical (unpaired) electrons. The summed E-state index contributed by atoms with van der Waals surface area (Å²) in [6, 6.07) is 4.60. The standard InChI is InChI=1S/C11H11F2N5/c1-6-15-10(5-11(16-6)18-14)17-9-4-7(12)2-3-8(9)13/h2-5H,14H2,1H3,(H2,15,16,17,18). The first-order valence-electron chi connectivity index (χ1n) is 5.13. The van der Waals surface area contributed by atoms with Crippen molar-refractivity contribution < 1.29 is 8.78 Å². The van der Waals surface area contributed by atoms with Gasteiger partial charge in [-0.25, -0.2) is 24.6 Å². The third-order valence-electron chi connectivity index (χ3n) is 2.18. The van der Waals surface area contributed by atoms with Crippen molar-refractivity contribution in [3.8, 4) is 0 Å². The number of aromatic nitrogens is 2. The van der Waals surface area contributed by atoms with E-state index in [9.17, 15) is 8.78 Å². The van der Waals surface area contributed by atoms with Gasteiger partial charge in [-0.3, -0.25) is 0 Å². The molecule has 2 aromatic rings. The Kier molecular flexibility index (Phi) is 3.33. The topological polar surface area (TPSA) is 75.9 Å². The number of nitrogens with one attached hydrogen (secondary N) is 2. The number of hydrogen-bond acceptors (Lipinski definition) is 5. The Morgan fingerprint density at radius 2 is 1.83 bits per heavy atom. The van der Waals surface area contributed by atoms with Crippen LogP contribution >= 0.6 is 0 Å². The van der Waals surface area contributed by atoms with Gasteiger partial charge in [0.05, 0.1) is 5.69 Å². The Morgan fingerprint density at radius 1 is 1.11 bits per heavy atom. The number of hydrogen-bond donors (Lipinski definition) is 3. The van der Waals surface area contributed by atoms with Crippen molar-refractivity contribution in [1.29, 1.82) is 0 Å². The summed E-state index contributed by atoms with van der Waals surface area (Å²) >= 11 is 0. The molecule has 94 valence electrons. The monoisotopic (exact) mass is 251 g/mol. The number of hydrazine groups is 1. The number of nitrogens with two attached hydrogens (primary N) is 1. The van der Waals surface area contributed by atoms with Crippen molar-refractivity contribution in [2.24, 2.45) is 5.84 Å². The fraction of sp³-hybridized carbons (Fsp3) is 0.0909. The van der Waals surface area contributed by atoms with Crippen LogP contribution in [-0.2, 0) is 0 Å². The van der Waals surface area contributed by atoms with Crippen LogP contribution in [0.1, 0.15) is 5.82 Å². The largest absolute Gasteiger partial charge is 0.338 e. The van der Waals surface area contributed by atoms with Gasteiger partial charge in [-0.05, 0) is 19.1 Å². The lowest BCUT2D eigenvalue weighted by atomic mass is 10.3. The Morgan fingerprint density at radius 3 is 2.56 bits per heavy atom. The molecule has 5 nitrogen and oxygen atoms in total. The van der Waals surface area contributed by atoms with Gasteiger partial charge < -0.3 is 10.7 Å². The first-order valence-corrected chi connectivity index (χ1v) is 5.13. The van der Waals surface area contributed by atoms with Gasteiger partial charge in [-0.2, -0.15) is 0 Å². The Labute approximate surface area is 102 Å².